The minimum atomic E-state index is 0. The van der Waals surface area contributed by atoms with Crippen molar-refractivity contribution in [3.05, 3.63) is 54.4 Å². The molecule has 0 saturated carbocycles. The lowest BCUT2D eigenvalue weighted by atomic mass is 10.2. The molecule has 0 saturated heterocycles. The lowest BCUT2D eigenvalue weighted by Gasteiger charge is -2.11. The van der Waals surface area contributed by atoms with Crippen molar-refractivity contribution in [2.75, 3.05) is 13.6 Å². The summed E-state index contributed by atoms with van der Waals surface area (Å²) in [6.07, 6.45) is 4.78. The van der Waals surface area contributed by atoms with Crippen molar-refractivity contribution in [1.29, 1.82) is 0 Å². The molecule has 1 aromatic carbocycles. The average molecular weight is 399 g/mol. The van der Waals surface area contributed by atoms with Crippen LogP contribution in [0, 0.1) is 0 Å². The van der Waals surface area contributed by atoms with E-state index < -0.39 is 0 Å². The van der Waals surface area contributed by atoms with Gasteiger partial charge in [0.25, 0.3) is 0 Å². The van der Waals surface area contributed by atoms with Crippen molar-refractivity contribution in [2.45, 2.75) is 19.5 Å². The molecule has 0 amide bonds. The second-order valence-electron chi connectivity index (χ2n) is 4.46. The van der Waals surface area contributed by atoms with Crippen LogP contribution in [0.2, 0.25) is 0 Å². The number of nitrogens with one attached hydrogen (secondary N) is 2. The number of aryl methyl sites for hydroxylation is 1. The summed E-state index contributed by atoms with van der Waals surface area (Å²) < 4.78 is 1.93. The Morgan fingerprint density at radius 2 is 2.00 bits per heavy atom. The van der Waals surface area contributed by atoms with Gasteiger partial charge in [0, 0.05) is 39.1 Å². The highest BCUT2D eigenvalue weighted by Gasteiger charge is 1.97. The first-order chi connectivity index (χ1) is 9.88. The molecule has 1 aromatic heterocycles. The van der Waals surface area contributed by atoms with Crippen LogP contribution < -0.4 is 10.6 Å². The van der Waals surface area contributed by atoms with E-state index in [2.05, 4.69) is 32.9 Å². The fourth-order valence-corrected chi connectivity index (χ4v) is 1.88. The highest BCUT2D eigenvalue weighted by atomic mass is 127. The Hall–Kier alpha value is -1.57. The van der Waals surface area contributed by atoms with Gasteiger partial charge in [-0.1, -0.05) is 30.3 Å². The molecule has 0 atom stereocenters. The number of halogens is 1. The van der Waals surface area contributed by atoms with Crippen molar-refractivity contribution in [3.8, 4) is 0 Å². The Morgan fingerprint density at radius 3 is 2.67 bits per heavy atom. The van der Waals surface area contributed by atoms with Crippen LogP contribution in [0.5, 0.6) is 0 Å². The summed E-state index contributed by atoms with van der Waals surface area (Å²) in [6, 6.07) is 12.2. The zero-order valence-corrected chi connectivity index (χ0v) is 14.5. The number of nitrogens with zero attached hydrogens (tertiary/aromatic N) is 3. The maximum Gasteiger partial charge on any atom is 0.191 e. The summed E-state index contributed by atoms with van der Waals surface area (Å²) in [6.45, 7) is 2.56. The summed E-state index contributed by atoms with van der Waals surface area (Å²) in [4.78, 5) is 4.21. The average Bonchev–Trinajstić information content (AvgIpc) is 3.01. The molecule has 0 aliphatic heterocycles. The van der Waals surface area contributed by atoms with E-state index >= 15 is 0 Å². The summed E-state index contributed by atoms with van der Waals surface area (Å²) in [5.41, 5.74) is 1.24. The van der Waals surface area contributed by atoms with Gasteiger partial charge in [-0.2, -0.15) is 5.10 Å². The topological polar surface area (TPSA) is 54.2 Å². The zero-order chi connectivity index (χ0) is 14.0. The number of hydrogen-bond acceptors (Lipinski definition) is 2. The molecular formula is C15H22IN5. The number of rotatable bonds is 6. The van der Waals surface area contributed by atoms with E-state index in [1.807, 2.05) is 35.1 Å². The van der Waals surface area contributed by atoms with Crippen molar-refractivity contribution in [1.82, 2.24) is 20.4 Å². The first kappa shape index (κ1) is 17.5. The van der Waals surface area contributed by atoms with Crippen LogP contribution in [0.15, 0.2) is 53.8 Å². The Morgan fingerprint density at radius 1 is 1.19 bits per heavy atom. The summed E-state index contributed by atoms with van der Waals surface area (Å²) in [5, 5.41) is 10.8. The van der Waals surface area contributed by atoms with Gasteiger partial charge in [-0.3, -0.25) is 9.67 Å². The molecule has 0 aliphatic carbocycles. The molecule has 21 heavy (non-hydrogen) atoms. The lowest BCUT2D eigenvalue weighted by Crippen LogP contribution is -2.37. The third-order valence-electron chi connectivity index (χ3n) is 2.94. The summed E-state index contributed by atoms with van der Waals surface area (Å²) in [7, 11) is 1.79. The van der Waals surface area contributed by atoms with Crippen molar-refractivity contribution in [3.63, 3.8) is 0 Å². The van der Waals surface area contributed by atoms with Gasteiger partial charge in [0.05, 0.1) is 0 Å². The summed E-state index contributed by atoms with van der Waals surface area (Å²) in [5.74, 6) is 0.828. The highest BCUT2D eigenvalue weighted by molar-refractivity contribution is 14.0. The largest absolute Gasteiger partial charge is 0.356 e. The predicted molar refractivity (Wildman–Crippen MR) is 96.9 cm³/mol. The molecule has 0 spiro atoms. The van der Waals surface area contributed by atoms with E-state index in [0.717, 1.165) is 32.0 Å². The molecule has 114 valence electrons. The number of guanidine groups is 1. The van der Waals surface area contributed by atoms with E-state index in [0.29, 0.717) is 0 Å². The SMILES string of the molecule is CN=C(NCCCn1cccn1)NCc1ccccc1.I. The number of aliphatic imine (C=N–C) groups is 1. The Kier molecular flexibility index (Phi) is 8.49. The normalized spacial score (nSPS) is 10.8. The first-order valence-corrected chi connectivity index (χ1v) is 6.84. The Balaban J connectivity index is 0.00000220. The Labute approximate surface area is 142 Å². The van der Waals surface area contributed by atoms with Gasteiger partial charge in [0.1, 0.15) is 0 Å². The molecule has 0 aliphatic rings. The van der Waals surface area contributed by atoms with Gasteiger partial charge >= 0.3 is 0 Å². The summed E-state index contributed by atoms with van der Waals surface area (Å²) >= 11 is 0. The quantitative estimate of drug-likeness (QED) is 0.339. The van der Waals surface area contributed by atoms with Crippen molar-refractivity contribution in [2.24, 2.45) is 4.99 Å². The van der Waals surface area contributed by atoms with Crippen LogP contribution in [0.25, 0.3) is 0 Å². The molecule has 0 fully saturated rings. The molecular weight excluding hydrogens is 377 g/mol. The molecule has 2 rings (SSSR count). The molecule has 2 aromatic rings. The van der Waals surface area contributed by atoms with Crippen LogP contribution in [0.4, 0.5) is 0 Å². The van der Waals surface area contributed by atoms with Crippen LogP contribution in [-0.2, 0) is 13.1 Å². The molecule has 1 heterocycles. The van der Waals surface area contributed by atoms with E-state index in [1.54, 1.807) is 13.2 Å². The van der Waals surface area contributed by atoms with E-state index in [4.69, 9.17) is 0 Å². The number of benzene rings is 1. The van der Waals surface area contributed by atoms with Gasteiger partial charge in [-0.25, -0.2) is 0 Å². The first-order valence-electron chi connectivity index (χ1n) is 6.84. The highest BCUT2D eigenvalue weighted by Crippen LogP contribution is 1.96. The van der Waals surface area contributed by atoms with E-state index in [9.17, 15) is 0 Å². The predicted octanol–water partition coefficient (Wildman–Crippen LogP) is 2.26. The molecule has 2 N–H and O–H groups in total. The van der Waals surface area contributed by atoms with Crippen molar-refractivity contribution < 1.29 is 0 Å². The van der Waals surface area contributed by atoms with Crippen LogP contribution in [0.1, 0.15) is 12.0 Å². The van der Waals surface area contributed by atoms with Gasteiger partial charge in [0.15, 0.2) is 5.96 Å². The fraction of sp³-hybridized carbons (Fsp3) is 0.333. The lowest BCUT2D eigenvalue weighted by molar-refractivity contribution is 0.570. The van der Waals surface area contributed by atoms with E-state index in [1.165, 1.54) is 5.56 Å². The fourth-order valence-electron chi connectivity index (χ4n) is 1.88. The molecule has 6 heteroatoms. The second kappa shape index (κ2) is 10.2. The molecule has 0 unspecified atom stereocenters. The number of hydrogen-bond donors (Lipinski definition) is 2. The standard InChI is InChI=1S/C15H21N5.HI/c1-16-15(18-13-14-7-3-2-4-8-14)17-9-5-11-20-12-6-10-19-20;/h2-4,6-8,10,12H,5,9,11,13H2,1H3,(H2,16,17,18);1H. The molecule has 0 bridgehead atoms. The van der Waals surface area contributed by atoms with Gasteiger partial charge in [-0.05, 0) is 18.1 Å². The third-order valence-corrected chi connectivity index (χ3v) is 2.94. The second-order valence-corrected chi connectivity index (χ2v) is 4.46. The van der Waals surface area contributed by atoms with Crippen LogP contribution in [0.3, 0.4) is 0 Å². The van der Waals surface area contributed by atoms with E-state index in [-0.39, 0.29) is 24.0 Å². The van der Waals surface area contributed by atoms with Gasteiger partial charge in [0.2, 0.25) is 0 Å². The Bertz CT molecular complexity index is 510. The van der Waals surface area contributed by atoms with Crippen LogP contribution >= 0.6 is 24.0 Å². The maximum atomic E-state index is 4.21. The molecule has 5 nitrogen and oxygen atoms in total. The minimum absolute atomic E-state index is 0. The molecule has 0 radical (unpaired) electrons. The smallest absolute Gasteiger partial charge is 0.191 e. The number of aromatic nitrogens is 2. The van der Waals surface area contributed by atoms with Gasteiger partial charge in [-0.15, -0.1) is 24.0 Å². The van der Waals surface area contributed by atoms with Crippen LogP contribution in [-0.4, -0.2) is 29.3 Å². The van der Waals surface area contributed by atoms with Crippen molar-refractivity contribution >= 4 is 29.9 Å². The third kappa shape index (κ3) is 6.61. The monoisotopic (exact) mass is 399 g/mol. The zero-order valence-electron chi connectivity index (χ0n) is 12.2. The van der Waals surface area contributed by atoms with Gasteiger partial charge < -0.3 is 10.6 Å². The minimum Gasteiger partial charge on any atom is -0.356 e. The maximum absolute atomic E-state index is 4.21.